The predicted molar refractivity (Wildman–Crippen MR) is 113 cm³/mol. The standard InChI is InChI=1S/C23H19N3O5/c1-14-5-4-6-17(9-14)23(28)30-19-8-7-16(12-20(19)29-3)11-18(13-24)22(27)25-21-10-15(2)31-26-21/h4-12H,1-3H3,(H,25,26,27)/b18-11-. The zero-order valence-corrected chi connectivity index (χ0v) is 17.1. The van der Waals surface area contributed by atoms with E-state index in [1.807, 2.05) is 19.1 Å². The number of hydrogen-bond donors (Lipinski definition) is 1. The van der Waals surface area contributed by atoms with E-state index in [4.69, 9.17) is 14.0 Å². The molecule has 0 unspecified atom stereocenters. The van der Waals surface area contributed by atoms with E-state index in [1.165, 1.54) is 25.3 Å². The van der Waals surface area contributed by atoms with Crippen molar-refractivity contribution in [3.05, 3.63) is 76.6 Å². The lowest BCUT2D eigenvalue weighted by molar-refractivity contribution is -0.112. The molecule has 0 aliphatic heterocycles. The second kappa shape index (κ2) is 9.41. The van der Waals surface area contributed by atoms with Gasteiger partial charge >= 0.3 is 5.97 Å². The Kier molecular flexibility index (Phi) is 6.48. The van der Waals surface area contributed by atoms with Crippen molar-refractivity contribution >= 4 is 23.8 Å². The average Bonchev–Trinajstić information content (AvgIpc) is 3.17. The van der Waals surface area contributed by atoms with E-state index in [9.17, 15) is 14.9 Å². The third-order valence-electron chi connectivity index (χ3n) is 4.19. The van der Waals surface area contributed by atoms with Crippen LogP contribution in [-0.4, -0.2) is 24.1 Å². The van der Waals surface area contributed by atoms with Gasteiger partial charge in [0, 0.05) is 6.07 Å². The largest absolute Gasteiger partial charge is 0.493 e. The number of benzene rings is 2. The van der Waals surface area contributed by atoms with Gasteiger partial charge in [-0.15, -0.1) is 0 Å². The van der Waals surface area contributed by atoms with Crippen LogP contribution >= 0.6 is 0 Å². The zero-order chi connectivity index (χ0) is 22.4. The molecule has 0 atom stereocenters. The maximum atomic E-state index is 12.4. The van der Waals surface area contributed by atoms with Gasteiger partial charge < -0.3 is 19.3 Å². The summed E-state index contributed by atoms with van der Waals surface area (Å²) in [6.07, 6.45) is 1.39. The van der Waals surface area contributed by atoms with Gasteiger partial charge in [0.05, 0.1) is 12.7 Å². The third kappa shape index (κ3) is 5.36. The van der Waals surface area contributed by atoms with E-state index >= 15 is 0 Å². The minimum absolute atomic E-state index is 0.146. The molecule has 2 aromatic carbocycles. The number of nitrogens with zero attached hydrogens (tertiary/aromatic N) is 2. The van der Waals surface area contributed by atoms with E-state index in [2.05, 4.69) is 10.5 Å². The van der Waals surface area contributed by atoms with Crippen LogP contribution in [-0.2, 0) is 4.79 Å². The summed E-state index contributed by atoms with van der Waals surface area (Å²) in [5.41, 5.74) is 1.71. The summed E-state index contributed by atoms with van der Waals surface area (Å²) in [4.78, 5) is 24.7. The van der Waals surface area contributed by atoms with E-state index < -0.39 is 11.9 Å². The summed E-state index contributed by atoms with van der Waals surface area (Å²) < 4.78 is 15.6. The van der Waals surface area contributed by atoms with Crippen molar-refractivity contribution in [3.8, 4) is 17.6 Å². The number of anilines is 1. The molecule has 0 aliphatic rings. The number of ether oxygens (including phenoxy) is 2. The maximum absolute atomic E-state index is 12.4. The Morgan fingerprint density at radius 3 is 2.58 bits per heavy atom. The number of hydrogen-bond acceptors (Lipinski definition) is 7. The van der Waals surface area contributed by atoms with Crippen molar-refractivity contribution in [2.24, 2.45) is 0 Å². The molecule has 1 aromatic heterocycles. The number of nitrogens with one attached hydrogen (secondary N) is 1. The number of nitriles is 1. The fourth-order valence-electron chi connectivity index (χ4n) is 2.71. The Bertz CT molecular complexity index is 1200. The fourth-order valence-corrected chi connectivity index (χ4v) is 2.71. The molecule has 0 aliphatic carbocycles. The quantitative estimate of drug-likeness (QED) is 0.278. The molecule has 0 saturated heterocycles. The van der Waals surface area contributed by atoms with Gasteiger partial charge in [0.15, 0.2) is 17.3 Å². The lowest BCUT2D eigenvalue weighted by Crippen LogP contribution is -2.13. The first-order chi connectivity index (χ1) is 14.9. The second-order valence-corrected chi connectivity index (χ2v) is 6.62. The van der Waals surface area contributed by atoms with Gasteiger partial charge in [-0.05, 0) is 49.8 Å². The smallest absolute Gasteiger partial charge is 0.343 e. The number of rotatable bonds is 6. The molecule has 156 valence electrons. The molecule has 0 saturated carbocycles. The highest BCUT2D eigenvalue weighted by Gasteiger charge is 2.15. The normalized spacial score (nSPS) is 10.8. The molecule has 1 heterocycles. The van der Waals surface area contributed by atoms with Crippen LogP contribution in [0.3, 0.4) is 0 Å². The monoisotopic (exact) mass is 417 g/mol. The Labute approximate surface area is 178 Å². The van der Waals surface area contributed by atoms with Crippen LogP contribution in [0.15, 0.2) is 58.6 Å². The van der Waals surface area contributed by atoms with E-state index in [-0.39, 0.29) is 22.9 Å². The van der Waals surface area contributed by atoms with Crippen LogP contribution in [0.25, 0.3) is 6.08 Å². The first kappa shape index (κ1) is 21.3. The van der Waals surface area contributed by atoms with Crippen LogP contribution in [0.5, 0.6) is 11.5 Å². The molecule has 3 rings (SSSR count). The minimum Gasteiger partial charge on any atom is -0.493 e. The Balaban J connectivity index is 1.80. The Morgan fingerprint density at radius 1 is 1.13 bits per heavy atom. The number of esters is 1. The van der Waals surface area contributed by atoms with E-state index in [0.717, 1.165) is 5.56 Å². The van der Waals surface area contributed by atoms with Crippen LogP contribution in [0.1, 0.15) is 27.2 Å². The van der Waals surface area contributed by atoms with Gasteiger partial charge in [-0.25, -0.2) is 4.79 Å². The highest BCUT2D eigenvalue weighted by atomic mass is 16.6. The first-order valence-electron chi connectivity index (χ1n) is 9.23. The molecular weight excluding hydrogens is 398 g/mol. The summed E-state index contributed by atoms with van der Waals surface area (Å²) in [7, 11) is 1.43. The predicted octanol–water partition coefficient (Wildman–Crippen LogP) is 4.06. The van der Waals surface area contributed by atoms with Gasteiger partial charge in [-0.3, -0.25) is 4.79 Å². The number of aryl methyl sites for hydroxylation is 2. The maximum Gasteiger partial charge on any atom is 0.343 e. The van der Waals surface area contributed by atoms with Gasteiger partial charge in [-0.2, -0.15) is 5.26 Å². The van der Waals surface area contributed by atoms with Crippen LogP contribution < -0.4 is 14.8 Å². The average molecular weight is 417 g/mol. The van der Waals surface area contributed by atoms with Crippen LogP contribution in [0, 0.1) is 25.2 Å². The summed E-state index contributed by atoms with van der Waals surface area (Å²) in [6, 6.07) is 15.1. The van der Waals surface area contributed by atoms with Crippen molar-refractivity contribution in [2.45, 2.75) is 13.8 Å². The second-order valence-electron chi connectivity index (χ2n) is 6.62. The summed E-state index contributed by atoms with van der Waals surface area (Å²) >= 11 is 0. The SMILES string of the molecule is COc1cc(/C=C(/C#N)C(=O)Nc2cc(C)on2)ccc1OC(=O)c1cccc(C)c1. The van der Waals surface area contributed by atoms with Crippen molar-refractivity contribution < 1.29 is 23.6 Å². The van der Waals surface area contributed by atoms with Crippen LogP contribution in [0.4, 0.5) is 5.82 Å². The summed E-state index contributed by atoms with van der Waals surface area (Å²) in [5, 5.41) is 15.5. The highest BCUT2D eigenvalue weighted by Crippen LogP contribution is 2.30. The number of methoxy groups -OCH3 is 1. The molecule has 8 nitrogen and oxygen atoms in total. The Hall–Kier alpha value is -4.38. The number of carbonyl (C=O) groups is 2. The molecule has 0 spiro atoms. The molecule has 8 heteroatoms. The first-order valence-corrected chi connectivity index (χ1v) is 9.23. The molecule has 3 aromatic rings. The van der Waals surface area contributed by atoms with Crippen molar-refractivity contribution in [1.82, 2.24) is 5.16 Å². The summed E-state index contributed by atoms with van der Waals surface area (Å²) in [5.74, 6) is 0.0692. The van der Waals surface area contributed by atoms with Crippen molar-refractivity contribution in [3.63, 3.8) is 0 Å². The number of amides is 1. The molecule has 1 N–H and O–H groups in total. The highest BCUT2D eigenvalue weighted by molar-refractivity contribution is 6.09. The number of carbonyl (C=O) groups excluding carboxylic acids is 2. The van der Waals surface area contributed by atoms with Gasteiger partial charge in [-0.1, -0.05) is 28.9 Å². The van der Waals surface area contributed by atoms with Gasteiger partial charge in [0.1, 0.15) is 17.4 Å². The topological polar surface area (TPSA) is 114 Å². The van der Waals surface area contributed by atoms with Crippen molar-refractivity contribution in [2.75, 3.05) is 12.4 Å². The number of aromatic nitrogens is 1. The van der Waals surface area contributed by atoms with Crippen molar-refractivity contribution in [1.29, 1.82) is 5.26 Å². The van der Waals surface area contributed by atoms with Gasteiger partial charge in [0.2, 0.25) is 0 Å². The molecule has 1 amide bonds. The fraction of sp³-hybridized carbons (Fsp3) is 0.130. The lowest BCUT2D eigenvalue weighted by Gasteiger charge is -2.10. The Morgan fingerprint density at radius 2 is 1.94 bits per heavy atom. The van der Waals surface area contributed by atoms with E-state index in [1.54, 1.807) is 37.3 Å². The zero-order valence-electron chi connectivity index (χ0n) is 17.1. The van der Waals surface area contributed by atoms with Crippen LogP contribution in [0.2, 0.25) is 0 Å². The molecule has 0 bridgehead atoms. The molecule has 0 fully saturated rings. The third-order valence-corrected chi connectivity index (χ3v) is 4.19. The van der Waals surface area contributed by atoms with Gasteiger partial charge in [0.25, 0.3) is 5.91 Å². The molecule has 0 radical (unpaired) electrons. The summed E-state index contributed by atoms with van der Waals surface area (Å²) in [6.45, 7) is 3.56. The van der Waals surface area contributed by atoms with E-state index in [0.29, 0.717) is 16.9 Å². The lowest BCUT2D eigenvalue weighted by atomic mass is 10.1. The molecule has 31 heavy (non-hydrogen) atoms. The minimum atomic E-state index is -0.635. The molecular formula is C23H19N3O5.